The molecule has 0 spiro atoms. The molecule has 0 aliphatic carbocycles. The summed E-state index contributed by atoms with van der Waals surface area (Å²) in [4.78, 5) is 33.8. The number of benzene rings is 1. The normalized spacial score (nSPS) is 9.82. The van der Waals surface area contributed by atoms with Crippen LogP contribution in [0.3, 0.4) is 0 Å². The van der Waals surface area contributed by atoms with Gasteiger partial charge in [-0.05, 0) is 12.1 Å². The number of hydrogen-bond acceptors (Lipinski definition) is 4. The first-order valence-electron chi connectivity index (χ1n) is 4.55. The van der Waals surface area contributed by atoms with Gasteiger partial charge in [-0.3, -0.25) is 9.59 Å². The Morgan fingerprint density at radius 3 is 2.18 bits per heavy atom. The molecular formula is C11H8Cl2O4. The zero-order valence-electron chi connectivity index (χ0n) is 8.83. The molecule has 6 heteroatoms. The number of ether oxygens (including phenoxy) is 1. The topological polar surface area (TPSA) is 60.4 Å². The first kappa shape index (κ1) is 13.7. The molecule has 0 N–H and O–H groups in total. The van der Waals surface area contributed by atoms with Gasteiger partial charge in [0.1, 0.15) is 0 Å². The van der Waals surface area contributed by atoms with Crippen LogP contribution in [0.25, 0.3) is 0 Å². The number of halogens is 2. The number of hydrogen-bond donors (Lipinski definition) is 0. The lowest BCUT2D eigenvalue weighted by Crippen LogP contribution is -2.19. The van der Waals surface area contributed by atoms with Crippen LogP contribution in [0.15, 0.2) is 18.2 Å². The van der Waals surface area contributed by atoms with Gasteiger partial charge in [0.05, 0.1) is 29.1 Å². The van der Waals surface area contributed by atoms with Crippen LogP contribution in [0.2, 0.25) is 10.0 Å². The lowest BCUT2D eigenvalue weighted by atomic mass is 10.1. The molecular weight excluding hydrogens is 267 g/mol. The Hall–Kier alpha value is -1.39. The van der Waals surface area contributed by atoms with E-state index in [-0.39, 0.29) is 15.6 Å². The average Bonchev–Trinajstić information content (AvgIpc) is 2.27. The average molecular weight is 275 g/mol. The van der Waals surface area contributed by atoms with Crippen molar-refractivity contribution < 1.29 is 19.1 Å². The lowest BCUT2D eigenvalue weighted by molar-refractivity contribution is -0.151. The van der Waals surface area contributed by atoms with Gasteiger partial charge in [-0.2, -0.15) is 0 Å². The maximum absolute atomic E-state index is 11.7. The van der Waals surface area contributed by atoms with E-state index in [1.807, 2.05) is 0 Å². The van der Waals surface area contributed by atoms with E-state index in [9.17, 15) is 14.4 Å². The Morgan fingerprint density at radius 2 is 1.71 bits per heavy atom. The molecule has 0 fully saturated rings. The number of methoxy groups -OCH3 is 1. The first-order chi connectivity index (χ1) is 7.97. The molecule has 0 radical (unpaired) electrons. The predicted molar refractivity (Wildman–Crippen MR) is 62.4 cm³/mol. The molecule has 0 aliphatic rings. The molecule has 0 amide bonds. The summed E-state index contributed by atoms with van der Waals surface area (Å²) in [7, 11) is 1.06. The summed E-state index contributed by atoms with van der Waals surface area (Å²) >= 11 is 11.6. The summed E-state index contributed by atoms with van der Waals surface area (Å²) in [6.45, 7) is 0. The van der Waals surface area contributed by atoms with Gasteiger partial charge in [-0.1, -0.05) is 29.3 Å². The monoisotopic (exact) mass is 274 g/mol. The summed E-state index contributed by atoms with van der Waals surface area (Å²) in [6, 6.07) is 4.52. The Bertz CT molecular complexity index is 462. The minimum atomic E-state index is -1.07. The van der Waals surface area contributed by atoms with E-state index < -0.39 is 24.0 Å². The maximum atomic E-state index is 11.7. The molecule has 0 saturated carbocycles. The maximum Gasteiger partial charge on any atom is 0.374 e. The molecule has 1 aromatic rings. The zero-order valence-corrected chi connectivity index (χ0v) is 10.3. The van der Waals surface area contributed by atoms with Crippen molar-refractivity contribution in [3.63, 3.8) is 0 Å². The van der Waals surface area contributed by atoms with Crippen molar-refractivity contribution in [3.8, 4) is 0 Å². The van der Waals surface area contributed by atoms with Gasteiger partial charge in [0.2, 0.25) is 5.78 Å². The molecule has 1 rings (SSSR count). The highest BCUT2D eigenvalue weighted by atomic mass is 35.5. The summed E-state index contributed by atoms with van der Waals surface area (Å²) in [5.41, 5.74) is 0.0353. The van der Waals surface area contributed by atoms with Crippen LogP contribution in [0.5, 0.6) is 0 Å². The molecule has 0 aliphatic heterocycles. The van der Waals surface area contributed by atoms with Gasteiger partial charge in [0.15, 0.2) is 5.78 Å². The van der Waals surface area contributed by atoms with Crippen LogP contribution in [-0.2, 0) is 14.3 Å². The van der Waals surface area contributed by atoms with E-state index in [1.165, 1.54) is 12.1 Å². The Balaban J connectivity index is 2.91. The Morgan fingerprint density at radius 1 is 1.18 bits per heavy atom. The first-order valence-corrected chi connectivity index (χ1v) is 5.31. The highest BCUT2D eigenvalue weighted by Gasteiger charge is 2.22. The van der Waals surface area contributed by atoms with E-state index >= 15 is 0 Å². The summed E-state index contributed by atoms with van der Waals surface area (Å²) in [5.74, 6) is -2.62. The van der Waals surface area contributed by atoms with Crippen molar-refractivity contribution in [2.24, 2.45) is 0 Å². The highest BCUT2D eigenvalue weighted by Crippen LogP contribution is 2.25. The fourth-order valence-electron chi connectivity index (χ4n) is 1.18. The van der Waals surface area contributed by atoms with Gasteiger partial charge in [-0.25, -0.2) is 4.79 Å². The number of carbonyl (C=O) groups is 3. The van der Waals surface area contributed by atoms with Crippen molar-refractivity contribution in [3.05, 3.63) is 33.8 Å². The van der Waals surface area contributed by atoms with Crippen LogP contribution < -0.4 is 0 Å². The van der Waals surface area contributed by atoms with Gasteiger partial charge in [0, 0.05) is 0 Å². The molecule has 0 bridgehead atoms. The summed E-state index contributed by atoms with van der Waals surface area (Å²) in [6.07, 6.45) is -0.615. The standard InChI is InChI=1S/C11H8Cl2O4/c1-17-11(16)9(15)5-8(14)10-6(12)3-2-4-7(10)13/h2-4H,5H2,1H3. The number of carbonyl (C=O) groups excluding carboxylic acids is 3. The van der Waals surface area contributed by atoms with Crippen molar-refractivity contribution in [2.45, 2.75) is 6.42 Å². The number of ketones is 2. The molecule has 0 unspecified atom stereocenters. The predicted octanol–water partition coefficient (Wildman–Crippen LogP) is 2.31. The third kappa shape index (κ3) is 3.28. The number of esters is 1. The zero-order chi connectivity index (χ0) is 13.0. The highest BCUT2D eigenvalue weighted by molar-refractivity contribution is 6.43. The van der Waals surface area contributed by atoms with Crippen LogP contribution in [-0.4, -0.2) is 24.6 Å². The third-order valence-electron chi connectivity index (χ3n) is 1.98. The smallest absolute Gasteiger partial charge is 0.374 e. The van der Waals surface area contributed by atoms with E-state index in [4.69, 9.17) is 23.2 Å². The third-order valence-corrected chi connectivity index (χ3v) is 2.61. The molecule has 4 nitrogen and oxygen atoms in total. The van der Waals surface area contributed by atoms with E-state index in [0.717, 1.165) is 7.11 Å². The molecule has 17 heavy (non-hydrogen) atoms. The van der Waals surface area contributed by atoms with Gasteiger partial charge in [-0.15, -0.1) is 0 Å². The van der Waals surface area contributed by atoms with Gasteiger partial charge >= 0.3 is 5.97 Å². The molecule has 0 saturated heterocycles. The van der Waals surface area contributed by atoms with Crippen molar-refractivity contribution in [1.29, 1.82) is 0 Å². The number of rotatable bonds is 4. The van der Waals surface area contributed by atoms with E-state index in [2.05, 4.69) is 4.74 Å². The molecule has 1 aromatic carbocycles. The fourth-order valence-corrected chi connectivity index (χ4v) is 1.79. The molecule has 90 valence electrons. The van der Waals surface area contributed by atoms with Crippen LogP contribution in [0.1, 0.15) is 16.8 Å². The van der Waals surface area contributed by atoms with Crippen LogP contribution in [0, 0.1) is 0 Å². The Labute approximate surface area is 107 Å². The second-order valence-electron chi connectivity index (χ2n) is 3.11. The fraction of sp³-hybridized carbons (Fsp3) is 0.182. The minimum Gasteiger partial charge on any atom is -0.463 e. The van der Waals surface area contributed by atoms with Crippen LogP contribution in [0.4, 0.5) is 0 Å². The summed E-state index contributed by atoms with van der Waals surface area (Å²) in [5, 5.41) is 0.278. The van der Waals surface area contributed by atoms with Crippen molar-refractivity contribution in [2.75, 3.05) is 7.11 Å². The quantitative estimate of drug-likeness (QED) is 0.366. The second-order valence-corrected chi connectivity index (χ2v) is 3.93. The molecule has 0 atom stereocenters. The second kappa shape index (κ2) is 5.80. The van der Waals surface area contributed by atoms with Gasteiger partial charge < -0.3 is 4.74 Å². The molecule has 0 heterocycles. The van der Waals surface area contributed by atoms with Crippen molar-refractivity contribution in [1.82, 2.24) is 0 Å². The van der Waals surface area contributed by atoms with Crippen LogP contribution >= 0.6 is 23.2 Å². The minimum absolute atomic E-state index is 0.0353. The van der Waals surface area contributed by atoms with Gasteiger partial charge in [0.25, 0.3) is 0 Å². The SMILES string of the molecule is COC(=O)C(=O)CC(=O)c1c(Cl)cccc1Cl. The Kier molecular flexibility index (Phi) is 4.66. The lowest BCUT2D eigenvalue weighted by Gasteiger charge is -2.04. The molecule has 0 aromatic heterocycles. The largest absolute Gasteiger partial charge is 0.463 e. The van der Waals surface area contributed by atoms with Crippen molar-refractivity contribution >= 4 is 40.7 Å². The summed E-state index contributed by atoms with van der Waals surface area (Å²) < 4.78 is 4.20. The van der Waals surface area contributed by atoms with E-state index in [0.29, 0.717) is 0 Å². The number of Topliss-reactive ketones (excluding diaryl/α,β-unsaturated/α-hetero) is 2. The van der Waals surface area contributed by atoms with E-state index in [1.54, 1.807) is 6.07 Å².